The number of benzene rings is 3. The van der Waals surface area contributed by atoms with Gasteiger partial charge in [-0.2, -0.15) is 0 Å². The summed E-state index contributed by atoms with van der Waals surface area (Å²) in [4.78, 5) is 23.4. The lowest BCUT2D eigenvalue weighted by Gasteiger charge is -2.11. The second-order valence-corrected chi connectivity index (χ2v) is 6.43. The predicted molar refractivity (Wildman–Crippen MR) is 109 cm³/mol. The van der Waals surface area contributed by atoms with E-state index in [1.54, 1.807) is 24.3 Å². The van der Waals surface area contributed by atoms with Crippen LogP contribution in [0.15, 0.2) is 78.9 Å². The van der Waals surface area contributed by atoms with Crippen molar-refractivity contribution in [2.75, 3.05) is 13.7 Å². The Balaban J connectivity index is 1.55. The molecule has 0 N–H and O–H groups in total. The van der Waals surface area contributed by atoms with Crippen molar-refractivity contribution in [3.63, 3.8) is 0 Å². The van der Waals surface area contributed by atoms with E-state index >= 15 is 0 Å². The molecule has 5 heteroatoms. The first kappa shape index (κ1) is 20.1. The highest BCUT2D eigenvalue weighted by molar-refractivity contribution is 5.74. The first-order valence-corrected chi connectivity index (χ1v) is 9.25. The van der Waals surface area contributed by atoms with E-state index in [-0.39, 0.29) is 19.0 Å². The Morgan fingerprint density at radius 1 is 0.759 bits per heavy atom. The third-order valence-electron chi connectivity index (χ3n) is 4.29. The molecule has 148 valence electrons. The molecule has 0 aliphatic heterocycles. The van der Waals surface area contributed by atoms with Crippen molar-refractivity contribution in [1.82, 2.24) is 0 Å². The quantitative estimate of drug-likeness (QED) is 0.430. The van der Waals surface area contributed by atoms with E-state index in [2.05, 4.69) is 16.9 Å². The van der Waals surface area contributed by atoms with Crippen LogP contribution in [-0.4, -0.2) is 25.7 Å². The third-order valence-corrected chi connectivity index (χ3v) is 4.29. The minimum atomic E-state index is -0.500. The molecule has 0 saturated carbocycles. The van der Waals surface area contributed by atoms with Crippen molar-refractivity contribution >= 4 is 11.9 Å². The van der Waals surface area contributed by atoms with Crippen molar-refractivity contribution in [3.8, 4) is 11.5 Å². The monoisotopic (exact) mass is 390 g/mol. The highest BCUT2D eigenvalue weighted by Gasteiger charge is 2.10. The van der Waals surface area contributed by atoms with Crippen molar-refractivity contribution in [3.05, 3.63) is 95.6 Å². The van der Waals surface area contributed by atoms with E-state index in [9.17, 15) is 9.59 Å². The molecule has 0 fully saturated rings. The third kappa shape index (κ3) is 6.21. The minimum absolute atomic E-state index is 0.173. The molecule has 0 amide bonds. The maximum absolute atomic E-state index is 12.1. The second-order valence-electron chi connectivity index (χ2n) is 6.43. The van der Waals surface area contributed by atoms with E-state index in [0.29, 0.717) is 17.9 Å². The number of methoxy groups -OCH3 is 1. The molecular formula is C24H22O5. The molecular weight excluding hydrogens is 368 g/mol. The predicted octanol–water partition coefficient (Wildman–Crippen LogP) is 3.98. The number of hydrogen-bond acceptors (Lipinski definition) is 5. The lowest BCUT2D eigenvalue weighted by molar-refractivity contribution is -0.140. The van der Waals surface area contributed by atoms with E-state index in [1.807, 2.05) is 42.5 Å². The average molecular weight is 390 g/mol. The van der Waals surface area contributed by atoms with Crippen LogP contribution < -0.4 is 9.47 Å². The SMILES string of the molecule is COC(=O)Cc1ccc(OC(=O)COc2ccccc2Cc2ccccc2)cc1. The summed E-state index contributed by atoms with van der Waals surface area (Å²) in [6.07, 6.45) is 0.889. The van der Waals surface area contributed by atoms with Crippen LogP contribution in [0, 0.1) is 0 Å². The van der Waals surface area contributed by atoms with Crippen molar-refractivity contribution < 1.29 is 23.8 Å². The molecule has 3 aromatic rings. The van der Waals surface area contributed by atoms with Crippen molar-refractivity contribution in [2.45, 2.75) is 12.8 Å². The highest BCUT2D eigenvalue weighted by Crippen LogP contribution is 2.21. The molecule has 29 heavy (non-hydrogen) atoms. The van der Waals surface area contributed by atoms with E-state index < -0.39 is 5.97 Å². The first-order chi connectivity index (χ1) is 14.1. The Labute approximate surface area is 169 Å². The number of rotatable bonds is 8. The number of ether oxygens (including phenoxy) is 3. The highest BCUT2D eigenvalue weighted by atomic mass is 16.6. The first-order valence-electron chi connectivity index (χ1n) is 9.25. The van der Waals surface area contributed by atoms with Crippen molar-refractivity contribution in [2.24, 2.45) is 0 Å². The van der Waals surface area contributed by atoms with Gasteiger partial charge in [0.05, 0.1) is 13.5 Å². The molecule has 0 heterocycles. The van der Waals surface area contributed by atoms with Gasteiger partial charge < -0.3 is 14.2 Å². The van der Waals surface area contributed by atoms with Crippen LogP contribution in [0.5, 0.6) is 11.5 Å². The van der Waals surface area contributed by atoms with Gasteiger partial charge in [0.15, 0.2) is 6.61 Å². The maximum atomic E-state index is 12.1. The standard InChI is InChI=1S/C24H22O5/c1-27-23(25)16-19-11-13-21(14-12-19)29-24(26)17-28-22-10-6-5-9-20(22)15-18-7-3-2-4-8-18/h2-14H,15-17H2,1H3. The molecule has 0 unspecified atom stereocenters. The summed E-state index contributed by atoms with van der Waals surface area (Å²) in [5.74, 6) is 0.226. The van der Waals surface area contributed by atoms with Gasteiger partial charge in [-0.15, -0.1) is 0 Å². The van der Waals surface area contributed by atoms with Gasteiger partial charge in [0.1, 0.15) is 11.5 Å². The number of carbonyl (C=O) groups excluding carboxylic acids is 2. The molecule has 0 bridgehead atoms. The van der Waals surface area contributed by atoms with Crippen LogP contribution in [0.25, 0.3) is 0 Å². The van der Waals surface area contributed by atoms with E-state index in [0.717, 1.165) is 16.7 Å². The molecule has 0 aliphatic carbocycles. The van der Waals surface area contributed by atoms with Crippen LogP contribution in [0.1, 0.15) is 16.7 Å². The van der Waals surface area contributed by atoms with Crippen LogP contribution in [0.2, 0.25) is 0 Å². The molecule has 0 spiro atoms. The summed E-state index contributed by atoms with van der Waals surface area (Å²) in [5.41, 5.74) is 2.94. The maximum Gasteiger partial charge on any atom is 0.349 e. The van der Waals surface area contributed by atoms with Crippen molar-refractivity contribution in [1.29, 1.82) is 0 Å². The molecule has 0 radical (unpaired) electrons. The Morgan fingerprint density at radius 2 is 1.45 bits per heavy atom. The average Bonchev–Trinajstić information content (AvgIpc) is 2.75. The zero-order valence-electron chi connectivity index (χ0n) is 16.2. The summed E-state index contributed by atoms with van der Waals surface area (Å²) in [6.45, 7) is -0.199. The van der Waals surface area contributed by atoms with E-state index in [4.69, 9.17) is 9.47 Å². The fourth-order valence-corrected chi connectivity index (χ4v) is 2.82. The Hall–Kier alpha value is -3.60. The zero-order chi connectivity index (χ0) is 20.5. The Morgan fingerprint density at radius 3 is 2.17 bits per heavy atom. The van der Waals surface area contributed by atoms with Crippen LogP contribution >= 0.6 is 0 Å². The van der Waals surface area contributed by atoms with Crippen LogP contribution in [-0.2, 0) is 27.2 Å². The summed E-state index contributed by atoms with van der Waals surface area (Å²) in [5, 5.41) is 0. The van der Waals surface area contributed by atoms with Gasteiger partial charge in [-0.1, -0.05) is 60.7 Å². The molecule has 5 nitrogen and oxygen atoms in total. The normalized spacial score (nSPS) is 10.2. The fraction of sp³-hybridized carbons (Fsp3) is 0.167. The number of hydrogen-bond donors (Lipinski definition) is 0. The summed E-state index contributed by atoms with van der Waals surface area (Å²) in [7, 11) is 1.34. The number of esters is 2. The molecule has 0 aromatic heterocycles. The molecule has 3 aromatic carbocycles. The van der Waals surface area contributed by atoms with Gasteiger partial charge in [0.2, 0.25) is 0 Å². The lowest BCUT2D eigenvalue weighted by Crippen LogP contribution is -2.18. The van der Waals surface area contributed by atoms with E-state index in [1.165, 1.54) is 7.11 Å². The number of carbonyl (C=O) groups is 2. The van der Waals surface area contributed by atoms with Crippen LogP contribution in [0.3, 0.4) is 0 Å². The molecule has 3 rings (SSSR count). The largest absolute Gasteiger partial charge is 0.482 e. The van der Waals surface area contributed by atoms with Gasteiger partial charge in [-0.25, -0.2) is 4.79 Å². The summed E-state index contributed by atoms with van der Waals surface area (Å²) >= 11 is 0. The summed E-state index contributed by atoms with van der Waals surface area (Å²) < 4.78 is 15.6. The topological polar surface area (TPSA) is 61.8 Å². The zero-order valence-corrected chi connectivity index (χ0v) is 16.2. The van der Waals surface area contributed by atoms with Gasteiger partial charge >= 0.3 is 11.9 Å². The molecule has 0 atom stereocenters. The summed E-state index contributed by atoms with van der Waals surface area (Å²) in [6, 6.07) is 24.4. The molecule has 0 aliphatic rings. The Bertz CT molecular complexity index is 949. The van der Waals surface area contributed by atoms with Crippen LogP contribution in [0.4, 0.5) is 0 Å². The Kier molecular flexibility index (Phi) is 7.00. The minimum Gasteiger partial charge on any atom is -0.482 e. The number of para-hydroxylation sites is 1. The fourth-order valence-electron chi connectivity index (χ4n) is 2.82. The van der Waals surface area contributed by atoms with Gasteiger partial charge in [-0.05, 0) is 34.9 Å². The smallest absolute Gasteiger partial charge is 0.349 e. The van der Waals surface area contributed by atoms with Gasteiger partial charge in [-0.3, -0.25) is 4.79 Å². The second kappa shape index (κ2) is 10.1. The van der Waals surface area contributed by atoms with Gasteiger partial charge in [0, 0.05) is 6.42 Å². The van der Waals surface area contributed by atoms with Gasteiger partial charge in [0.25, 0.3) is 0 Å². The lowest BCUT2D eigenvalue weighted by atomic mass is 10.0. The molecule has 0 saturated heterocycles.